The quantitative estimate of drug-likeness (QED) is 0.716. The van der Waals surface area contributed by atoms with Gasteiger partial charge in [-0.2, -0.15) is 0 Å². The molecule has 1 aliphatic rings. The first kappa shape index (κ1) is 23.4. The van der Waals surface area contributed by atoms with Gasteiger partial charge >= 0.3 is 0 Å². The monoisotopic (exact) mass is 443 g/mol. The summed E-state index contributed by atoms with van der Waals surface area (Å²) in [6, 6.07) is 11.2. The lowest BCUT2D eigenvalue weighted by molar-refractivity contribution is -0.137. The van der Waals surface area contributed by atoms with Gasteiger partial charge in [-0.3, -0.25) is 14.4 Å². The minimum absolute atomic E-state index is 0.174. The Bertz CT molecular complexity index is 961. The number of nitrogens with one attached hydrogen (secondary N) is 2. The summed E-state index contributed by atoms with van der Waals surface area (Å²) in [5.41, 5.74) is -0.0371. The summed E-state index contributed by atoms with van der Waals surface area (Å²) in [5.74, 6) is -4.22. The van der Waals surface area contributed by atoms with Crippen molar-refractivity contribution in [1.29, 1.82) is 0 Å². The Kier molecular flexibility index (Phi) is 7.56. The van der Waals surface area contributed by atoms with Crippen LogP contribution < -0.4 is 10.6 Å². The van der Waals surface area contributed by atoms with Crippen molar-refractivity contribution in [3.8, 4) is 0 Å². The molecule has 0 saturated carbocycles. The summed E-state index contributed by atoms with van der Waals surface area (Å²) < 4.78 is 28.0. The molecule has 0 bridgehead atoms. The lowest BCUT2D eigenvalue weighted by Gasteiger charge is -2.35. The Hall–Kier alpha value is -3.29. The molecule has 1 saturated heterocycles. The van der Waals surface area contributed by atoms with Crippen molar-refractivity contribution in [2.75, 3.05) is 18.4 Å². The number of hydrogen-bond donors (Lipinski definition) is 2. The zero-order chi connectivity index (χ0) is 23.3. The highest BCUT2D eigenvalue weighted by molar-refractivity contribution is 5.98. The number of hydrogen-bond acceptors (Lipinski definition) is 3. The van der Waals surface area contributed by atoms with E-state index in [1.807, 2.05) is 18.2 Å². The predicted molar refractivity (Wildman–Crippen MR) is 117 cm³/mol. The second-order valence-electron chi connectivity index (χ2n) is 8.27. The van der Waals surface area contributed by atoms with E-state index < -0.39 is 29.1 Å². The number of likely N-dealkylation sites (tertiary alicyclic amines) is 1. The number of nitrogens with zero attached hydrogens (tertiary/aromatic N) is 1. The Labute approximate surface area is 186 Å². The van der Waals surface area contributed by atoms with Crippen molar-refractivity contribution in [2.45, 2.75) is 32.7 Å². The smallest absolute Gasteiger partial charge is 0.257 e. The van der Waals surface area contributed by atoms with Crippen molar-refractivity contribution in [2.24, 2.45) is 11.8 Å². The third-order valence-corrected chi connectivity index (χ3v) is 5.55. The molecule has 1 fully saturated rings. The first-order chi connectivity index (χ1) is 15.3. The van der Waals surface area contributed by atoms with E-state index in [0.717, 1.165) is 12.1 Å². The summed E-state index contributed by atoms with van der Waals surface area (Å²) in [5, 5.41) is 5.34. The molecule has 170 valence electrons. The van der Waals surface area contributed by atoms with Crippen LogP contribution in [0.4, 0.5) is 14.5 Å². The van der Waals surface area contributed by atoms with Gasteiger partial charge in [0.15, 0.2) is 0 Å². The maximum absolute atomic E-state index is 14.0. The summed E-state index contributed by atoms with van der Waals surface area (Å²) in [4.78, 5) is 40.0. The SMILES string of the molecule is CC(C)C(NC(=O)c1c(F)cccc1F)C(=O)N1CCCC(C(=O)Nc2ccccc2)C1. The van der Waals surface area contributed by atoms with Crippen LogP contribution in [0.1, 0.15) is 37.0 Å². The predicted octanol–water partition coefficient (Wildman–Crippen LogP) is 3.60. The third kappa shape index (κ3) is 5.49. The molecular formula is C24H27F2N3O3. The van der Waals surface area contributed by atoms with Crippen LogP contribution >= 0.6 is 0 Å². The summed E-state index contributed by atoms with van der Waals surface area (Å²) in [6.45, 7) is 4.14. The fourth-order valence-corrected chi connectivity index (χ4v) is 3.80. The number of amides is 3. The Morgan fingerprint density at radius 2 is 1.66 bits per heavy atom. The van der Waals surface area contributed by atoms with Gasteiger partial charge in [0.05, 0.1) is 5.92 Å². The van der Waals surface area contributed by atoms with Crippen molar-refractivity contribution in [3.63, 3.8) is 0 Å². The molecule has 0 aromatic heterocycles. The molecule has 2 atom stereocenters. The normalized spacial score (nSPS) is 17.0. The van der Waals surface area contributed by atoms with E-state index in [-0.39, 0.29) is 30.2 Å². The molecule has 8 heteroatoms. The second-order valence-corrected chi connectivity index (χ2v) is 8.27. The molecule has 6 nitrogen and oxygen atoms in total. The number of halogens is 2. The average molecular weight is 443 g/mol. The molecule has 2 N–H and O–H groups in total. The lowest BCUT2D eigenvalue weighted by Crippen LogP contribution is -2.54. The van der Waals surface area contributed by atoms with Crippen LogP contribution in [0.2, 0.25) is 0 Å². The molecule has 1 aliphatic heterocycles. The van der Waals surface area contributed by atoms with Gasteiger partial charge in [-0.15, -0.1) is 0 Å². The second kappa shape index (κ2) is 10.3. The maximum atomic E-state index is 14.0. The van der Waals surface area contributed by atoms with Crippen molar-refractivity contribution in [1.82, 2.24) is 10.2 Å². The standard InChI is InChI=1S/C24H27F2N3O3/c1-15(2)21(28-23(31)20-18(25)11-6-12-19(20)26)24(32)29-13-7-8-16(14-29)22(30)27-17-9-4-3-5-10-17/h3-6,9-12,15-16,21H,7-8,13-14H2,1-2H3,(H,27,30)(H,28,31). The number of carbonyl (C=O) groups excluding carboxylic acids is 3. The van der Waals surface area contributed by atoms with Crippen LogP contribution in [-0.2, 0) is 9.59 Å². The number of piperidine rings is 1. The number of rotatable bonds is 6. The van der Waals surface area contributed by atoms with Gasteiger partial charge in [-0.25, -0.2) is 8.78 Å². The van der Waals surface area contributed by atoms with E-state index in [1.54, 1.807) is 30.9 Å². The van der Waals surface area contributed by atoms with Crippen LogP contribution in [-0.4, -0.2) is 41.8 Å². The van der Waals surface area contributed by atoms with E-state index in [0.29, 0.717) is 25.1 Å². The van der Waals surface area contributed by atoms with Crippen LogP contribution in [0, 0.1) is 23.5 Å². The number of para-hydroxylation sites is 1. The van der Waals surface area contributed by atoms with Crippen LogP contribution in [0.5, 0.6) is 0 Å². The van der Waals surface area contributed by atoms with Crippen LogP contribution in [0.15, 0.2) is 48.5 Å². The average Bonchev–Trinajstić information content (AvgIpc) is 2.77. The summed E-state index contributed by atoms with van der Waals surface area (Å²) >= 11 is 0. The van der Waals surface area contributed by atoms with E-state index in [1.165, 1.54) is 6.07 Å². The number of benzene rings is 2. The number of carbonyl (C=O) groups is 3. The van der Waals surface area contributed by atoms with Gasteiger partial charge in [0.1, 0.15) is 23.2 Å². The first-order valence-corrected chi connectivity index (χ1v) is 10.7. The van der Waals surface area contributed by atoms with Gasteiger partial charge < -0.3 is 15.5 Å². The molecule has 2 aromatic carbocycles. The molecule has 0 aliphatic carbocycles. The van der Waals surface area contributed by atoms with Crippen LogP contribution in [0.25, 0.3) is 0 Å². The summed E-state index contributed by atoms with van der Waals surface area (Å²) in [6.07, 6.45) is 1.28. The molecule has 0 radical (unpaired) electrons. The van der Waals surface area contributed by atoms with Crippen molar-refractivity contribution < 1.29 is 23.2 Å². The highest BCUT2D eigenvalue weighted by Crippen LogP contribution is 2.21. The maximum Gasteiger partial charge on any atom is 0.257 e. The van der Waals surface area contributed by atoms with Crippen molar-refractivity contribution >= 4 is 23.4 Å². The number of anilines is 1. The van der Waals surface area contributed by atoms with Crippen LogP contribution in [0.3, 0.4) is 0 Å². The van der Waals surface area contributed by atoms with Gasteiger partial charge in [0.25, 0.3) is 5.91 Å². The Morgan fingerprint density at radius 3 is 2.28 bits per heavy atom. The lowest BCUT2D eigenvalue weighted by atomic mass is 9.94. The fraction of sp³-hybridized carbons (Fsp3) is 0.375. The molecule has 3 rings (SSSR count). The van der Waals surface area contributed by atoms with E-state index in [9.17, 15) is 23.2 Å². The third-order valence-electron chi connectivity index (χ3n) is 5.55. The highest BCUT2D eigenvalue weighted by atomic mass is 19.1. The topological polar surface area (TPSA) is 78.5 Å². The van der Waals surface area contributed by atoms with Gasteiger partial charge in [0, 0.05) is 18.8 Å². The summed E-state index contributed by atoms with van der Waals surface area (Å²) in [7, 11) is 0. The van der Waals surface area contributed by atoms with Gasteiger partial charge in [-0.05, 0) is 43.0 Å². The molecule has 1 heterocycles. The highest BCUT2D eigenvalue weighted by Gasteiger charge is 2.34. The van der Waals surface area contributed by atoms with Gasteiger partial charge in [-0.1, -0.05) is 38.1 Å². The Balaban J connectivity index is 1.69. The molecular weight excluding hydrogens is 416 g/mol. The van der Waals surface area contributed by atoms with E-state index in [2.05, 4.69) is 10.6 Å². The molecule has 0 spiro atoms. The zero-order valence-corrected chi connectivity index (χ0v) is 18.1. The first-order valence-electron chi connectivity index (χ1n) is 10.7. The minimum atomic E-state index is -0.993. The molecule has 2 aromatic rings. The van der Waals surface area contributed by atoms with E-state index in [4.69, 9.17) is 0 Å². The van der Waals surface area contributed by atoms with Crippen molar-refractivity contribution in [3.05, 3.63) is 65.7 Å². The molecule has 2 unspecified atom stereocenters. The van der Waals surface area contributed by atoms with Gasteiger partial charge in [0.2, 0.25) is 11.8 Å². The largest absolute Gasteiger partial charge is 0.340 e. The molecule has 3 amide bonds. The zero-order valence-electron chi connectivity index (χ0n) is 18.1. The molecule has 32 heavy (non-hydrogen) atoms. The fourth-order valence-electron chi connectivity index (χ4n) is 3.80. The Morgan fingerprint density at radius 1 is 1.00 bits per heavy atom. The minimum Gasteiger partial charge on any atom is -0.340 e. The van der Waals surface area contributed by atoms with E-state index >= 15 is 0 Å².